The van der Waals surface area contributed by atoms with Crippen LogP contribution < -0.4 is 10.1 Å². The van der Waals surface area contributed by atoms with E-state index in [1.54, 1.807) is 13.1 Å². The van der Waals surface area contributed by atoms with Crippen LogP contribution in [0.15, 0.2) is 36.4 Å². The average molecular weight is 298 g/mol. The van der Waals surface area contributed by atoms with E-state index in [9.17, 15) is 8.78 Å². The van der Waals surface area contributed by atoms with Crippen LogP contribution >= 0.6 is 11.6 Å². The van der Waals surface area contributed by atoms with Gasteiger partial charge in [-0.2, -0.15) is 0 Å². The van der Waals surface area contributed by atoms with Gasteiger partial charge in [-0.1, -0.05) is 17.7 Å². The zero-order chi connectivity index (χ0) is 14.5. The number of nitrogens with one attached hydrogen (secondary N) is 1. The largest absolute Gasteiger partial charge is 0.488 e. The predicted octanol–water partition coefficient (Wildman–Crippen LogP) is 3.92. The van der Waals surface area contributed by atoms with Gasteiger partial charge in [-0.15, -0.1) is 0 Å². The molecule has 0 aromatic heterocycles. The van der Waals surface area contributed by atoms with E-state index in [1.165, 1.54) is 30.3 Å². The summed E-state index contributed by atoms with van der Waals surface area (Å²) in [6, 6.07) is 8.67. The third-order valence-corrected chi connectivity index (χ3v) is 3.18. The molecule has 1 N–H and O–H groups in total. The molecule has 2 aromatic carbocycles. The van der Waals surface area contributed by atoms with Gasteiger partial charge in [0.1, 0.15) is 24.0 Å². The van der Waals surface area contributed by atoms with Crippen LogP contribution in [0.3, 0.4) is 0 Å². The fourth-order valence-electron chi connectivity index (χ4n) is 1.84. The minimum Gasteiger partial charge on any atom is -0.488 e. The van der Waals surface area contributed by atoms with E-state index in [1.807, 2.05) is 0 Å². The number of benzene rings is 2. The fourth-order valence-corrected chi connectivity index (χ4v) is 2.06. The van der Waals surface area contributed by atoms with Gasteiger partial charge in [-0.05, 0) is 37.4 Å². The van der Waals surface area contributed by atoms with E-state index in [0.29, 0.717) is 22.9 Å². The Kier molecular flexibility index (Phi) is 4.93. The summed E-state index contributed by atoms with van der Waals surface area (Å²) < 4.78 is 32.4. The topological polar surface area (TPSA) is 21.3 Å². The zero-order valence-electron chi connectivity index (χ0n) is 10.9. The molecule has 20 heavy (non-hydrogen) atoms. The van der Waals surface area contributed by atoms with Gasteiger partial charge in [0.25, 0.3) is 0 Å². The maximum absolute atomic E-state index is 13.6. The molecular formula is C15H14ClF2NO. The SMILES string of the molecule is CNCc1cc(F)ccc1OCc1c(F)cccc1Cl. The summed E-state index contributed by atoms with van der Waals surface area (Å²) in [5.41, 5.74) is 0.953. The lowest BCUT2D eigenvalue weighted by atomic mass is 10.2. The minimum atomic E-state index is -0.422. The van der Waals surface area contributed by atoms with Crippen molar-refractivity contribution in [3.8, 4) is 5.75 Å². The smallest absolute Gasteiger partial charge is 0.131 e. The Morgan fingerprint density at radius 3 is 2.70 bits per heavy atom. The number of hydrogen-bond acceptors (Lipinski definition) is 2. The summed E-state index contributed by atoms with van der Waals surface area (Å²) in [6.07, 6.45) is 0. The van der Waals surface area contributed by atoms with E-state index < -0.39 is 5.82 Å². The Bertz CT molecular complexity index is 584. The van der Waals surface area contributed by atoms with Crippen molar-refractivity contribution in [2.45, 2.75) is 13.2 Å². The van der Waals surface area contributed by atoms with Crippen molar-refractivity contribution >= 4 is 11.6 Å². The average Bonchev–Trinajstić information content (AvgIpc) is 2.40. The highest BCUT2D eigenvalue weighted by molar-refractivity contribution is 6.31. The molecule has 0 atom stereocenters. The van der Waals surface area contributed by atoms with Gasteiger partial charge in [0, 0.05) is 17.7 Å². The van der Waals surface area contributed by atoms with Gasteiger partial charge < -0.3 is 10.1 Å². The van der Waals surface area contributed by atoms with E-state index >= 15 is 0 Å². The highest BCUT2D eigenvalue weighted by atomic mass is 35.5. The number of rotatable bonds is 5. The van der Waals surface area contributed by atoms with Crippen LogP contribution in [0.2, 0.25) is 5.02 Å². The van der Waals surface area contributed by atoms with Crippen molar-refractivity contribution in [2.75, 3.05) is 7.05 Å². The van der Waals surface area contributed by atoms with Crippen molar-refractivity contribution in [3.63, 3.8) is 0 Å². The van der Waals surface area contributed by atoms with Gasteiger partial charge in [0.2, 0.25) is 0 Å². The van der Waals surface area contributed by atoms with Gasteiger partial charge in [0.15, 0.2) is 0 Å². The second kappa shape index (κ2) is 6.68. The summed E-state index contributed by atoms with van der Waals surface area (Å²) in [4.78, 5) is 0. The summed E-state index contributed by atoms with van der Waals surface area (Å²) in [6.45, 7) is 0.450. The first-order valence-electron chi connectivity index (χ1n) is 6.10. The Balaban J connectivity index is 2.18. The molecule has 0 saturated carbocycles. The first kappa shape index (κ1) is 14.8. The van der Waals surface area contributed by atoms with E-state index in [2.05, 4.69) is 5.32 Å². The van der Waals surface area contributed by atoms with Gasteiger partial charge >= 0.3 is 0 Å². The minimum absolute atomic E-state index is 0.00610. The molecule has 0 amide bonds. The third-order valence-electron chi connectivity index (χ3n) is 2.82. The molecule has 0 heterocycles. The highest BCUT2D eigenvalue weighted by Gasteiger charge is 2.10. The van der Waals surface area contributed by atoms with E-state index in [4.69, 9.17) is 16.3 Å². The molecule has 0 unspecified atom stereocenters. The van der Waals surface area contributed by atoms with Gasteiger partial charge in [-0.25, -0.2) is 8.78 Å². The molecule has 2 nitrogen and oxygen atoms in total. The predicted molar refractivity (Wildman–Crippen MR) is 74.9 cm³/mol. The molecule has 0 aliphatic rings. The molecule has 0 saturated heterocycles. The van der Waals surface area contributed by atoms with Crippen molar-refractivity contribution in [1.82, 2.24) is 5.32 Å². The van der Waals surface area contributed by atoms with E-state index in [0.717, 1.165) is 0 Å². The van der Waals surface area contributed by atoms with Crippen molar-refractivity contribution in [2.24, 2.45) is 0 Å². The standard InChI is InChI=1S/C15H14ClF2NO/c1-19-8-10-7-11(17)5-6-15(10)20-9-12-13(16)3-2-4-14(12)18/h2-7,19H,8-9H2,1H3. The summed E-state index contributed by atoms with van der Waals surface area (Å²) >= 11 is 5.93. The van der Waals surface area contributed by atoms with Crippen LogP contribution in [0.5, 0.6) is 5.75 Å². The summed E-state index contributed by atoms with van der Waals surface area (Å²) in [5, 5.41) is 3.23. The van der Waals surface area contributed by atoms with Crippen LogP contribution in [-0.4, -0.2) is 7.05 Å². The zero-order valence-corrected chi connectivity index (χ0v) is 11.7. The van der Waals surface area contributed by atoms with Gasteiger partial charge in [-0.3, -0.25) is 0 Å². The maximum atomic E-state index is 13.6. The maximum Gasteiger partial charge on any atom is 0.131 e. The normalized spacial score (nSPS) is 10.6. The number of ether oxygens (including phenoxy) is 1. The summed E-state index contributed by atoms with van der Waals surface area (Å²) in [5.74, 6) is -0.263. The molecule has 2 rings (SSSR count). The fraction of sp³-hybridized carbons (Fsp3) is 0.200. The Morgan fingerprint density at radius 2 is 2.00 bits per heavy atom. The number of hydrogen-bond donors (Lipinski definition) is 1. The van der Waals surface area contributed by atoms with Crippen LogP contribution in [0.25, 0.3) is 0 Å². The second-order valence-electron chi connectivity index (χ2n) is 4.27. The second-order valence-corrected chi connectivity index (χ2v) is 4.68. The molecule has 106 valence electrons. The Morgan fingerprint density at radius 1 is 1.20 bits per heavy atom. The highest BCUT2D eigenvalue weighted by Crippen LogP contribution is 2.24. The molecular weight excluding hydrogens is 284 g/mol. The molecule has 2 aromatic rings. The Labute approximate surface area is 121 Å². The molecule has 0 bridgehead atoms. The lowest BCUT2D eigenvalue weighted by molar-refractivity contribution is 0.296. The van der Waals surface area contributed by atoms with E-state index in [-0.39, 0.29) is 18.0 Å². The molecule has 5 heteroatoms. The van der Waals surface area contributed by atoms with Crippen LogP contribution in [0.4, 0.5) is 8.78 Å². The number of halogens is 3. The van der Waals surface area contributed by atoms with Crippen molar-refractivity contribution in [3.05, 3.63) is 64.2 Å². The lowest BCUT2D eigenvalue weighted by Gasteiger charge is -2.12. The van der Waals surface area contributed by atoms with Crippen LogP contribution in [-0.2, 0) is 13.2 Å². The third kappa shape index (κ3) is 3.46. The van der Waals surface area contributed by atoms with Gasteiger partial charge in [0.05, 0.1) is 5.02 Å². The molecule has 0 spiro atoms. The quantitative estimate of drug-likeness (QED) is 0.903. The van der Waals surface area contributed by atoms with Crippen LogP contribution in [0, 0.1) is 11.6 Å². The lowest BCUT2D eigenvalue weighted by Crippen LogP contribution is -2.08. The summed E-state index contributed by atoms with van der Waals surface area (Å²) in [7, 11) is 1.75. The molecule has 0 aliphatic carbocycles. The molecule has 0 radical (unpaired) electrons. The first-order chi connectivity index (χ1) is 9.61. The van der Waals surface area contributed by atoms with Crippen LogP contribution in [0.1, 0.15) is 11.1 Å². The monoisotopic (exact) mass is 297 g/mol. The van der Waals surface area contributed by atoms with Crippen molar-refractivity contribution in [1.29, 1.82) is 0 Å². The molecule has 0 aliphatic heterocycles. The first-order valence-corrected chi connectivity index (χ1v) is 6.48. The Hall–Kier alpha value is -1.65. The molecule has 0 fully saturated rings. The van der Waals surface area contributed by atoms with Crippen molar-refractivity contribution < 1.29 is 13.5 Å².